The summed E-state index contributed by atoms with van der Waals surface area (Å²) in [7, 11) is 1.58. The number of benzene rings is 1. The van der Waals surface area contributed by atoms with Crippen molar-refractivity contribution in [2.24, 2.45) is 0 Å². The second kappa shape index (κ2) is 4.18. The third kappa shape index (κ3) is 1.95. The molecule has 0 atom stereocenters. The van der Waals surface area contributed by atoms with Crippen molar-refractivity contribution in [3.63, 3.8) is 0 Å². The van der Waals surface area contributed by atoms with Gasteiger partial charge in [0.25, 0.3) is 0 Å². The number of hydrogen-bond donors (Lipinski definition) is 1. The minimum Gasteiger partial charge on any atom is -0.497 e. The Morgan fingerprint density at radius 2 is 1.94 bits per heavy atom. The molecule has 16 heavy (non-hydrogen) atoms. The van der Waals surface area contributed by atoms with E-state index in [9.17, 15) is 4.39 Å². The Bertz CT molecular complexity index is 497. The number of aromatic nitrogens is 1. The summed E-state index contributed by atoms with van der Waals surface area (Å²) in [6.07, 6.45) is 1.42. The molecule has 1 aromatic heterocycles. The van der Waals surface area contributed by atoms with Crippen LogP contribution in [0, 0.1) is 5.82 Å². The molecular formula is C12H11FN2O. The van der Waals surface area contributed by atoms with Crippen LogP contribution in [0.2, 0.25) is 0 Å². The van der Waals surface area contributed by atoms with Gasteiger partial charge in [0.2, 0.25) is 0 Å². The van der Waals surface area contributed by atoms with Crippen molar-refractivity contribution in [3.8, 4) is 16.9 Å². The molecule has 1 aromatic carbocycles. The standard InChI is InChI=1S/C12H11FN2O/c1-16-9-4-2-8(3-5-9)10-7-15-12(14)6-11(10)13/h2-7H,1H3,(H2,14,15). The van der Waals surface area contributed by atoms with E-state index in [2.05, 4.69) is 4.98 Å². The van der Waals surface area contributed by atoms with Crippen molar-refractivity contribution >= 4 is 5.82 Å². The van der Waals surface area contributed by atoms with E-state index in [1.165, 1.54) is 12.3 Å². The molecule has 82 valence electrons. The number of methoxy groups -OCH3 is 1. The average molecular weight is 218 g/mol. The van der Waals surface area contributed by atoms with Crippen LogP contribution in [0.15, 0.2) is 36.5 Å². The van der Waals surface area contributed by atoms with Crippen molar-refractivity contribution < 1.29 is 9.13 Å². The van der Waals surface area contributed by atoms with Crippen LogP contribution in [-0.2, 0) is 0 Å². The summed E-state index contributed by atoms with van der Waals surface area (Å²) in [5.41, 5.74) is 6.55. The zero-order valence-corrected chi connectivity index (χ0v) is 8.77. The molecule has 0 fully saturated rings. The number of hydrogen-bond acceptors (Lipinski definition) is 3. The fourth-order valence-corrected chi connectivity index (χ4v) is 1.43. The van der Waals surface area contributed by atoms with Gasteiger partial charge in [0.05, 0.1) is 7.11 Å². The zero-order chi connectivity index (χ0) is 11.5. The van der Waals surface area contributed by atoms with Crippen LogP contribution in [0.5, 0.6) is 5.75 Å². The van der Waals surface area contributed by atoms with Gasteiger partial charge in [-0.15, -0.1) is 0 Å². The first kappa shape index (κ1) is 10.4. The smallest absolute Gasteiger partial charge is 0.136 e. The predicted molar refractivity (Wildman–Crippen MR) is 60.6 cm³/mol. The number of halogens is 1. The van der Waals surface area contributed by atoms with Crippen molar-refractivity contribution in [3.05, 3.63) is 42.3 Å². The van der Waals surface area contributed by atoms with Crippen LogP contribution in [0.3, 0.4) is 0 Å². The van der Waals surface area contributed by atoms with Crippen molar-refractivity contribution in [1.29, 1.82) is 0 Å². The molecule has 0 radical (unpaired) electrons. The zero-order valence-electron chi connectivity index (χ0n) is 8.77. The van der Waals surface area contributed by atoms with Crippen LogP contribution in [0.1, 0.15) is 0 Å². The Labute approximate surface area is 92.7 Å². The van der Waals surface area contributed by atoms with Crippen LogP contribution in [0.4, 0.5) is 10.2 Å². The first-order chi connectivity index (χ1) is 7.70. The minimum atomic E-state index is -0.377. The average Bonchev–Trinajstić information content (AvgIpc) is 2.29. The van der Waals surface area contributed by atoms with Gasteiger partial charge in [-0.3, -0.25) is 0 Å². The van der Waals surface area contributed by atoms with Gasteiger partial charge in [0.15, 0.2) is 0 Å². The van der Waals surface area contributed by atoms with Crippen molar-refractivity contribution in [2.45, 2.75) is 0 Å². The number of anilines is 1. The highest BCUT2D eigenvalue weighted by molar-refractivity contribution is 5.65. The van der Waals surface area contributed by atoms with Gasteiger partial charge >= 0.3 is 0 Å². The Kier molecular flexibility index (Phi) is 2.72. The Morgan fingerprint density at radius 1 is 1.25 bits per heavy atom. The lowest BCUT2D eigenvalue weighted by atomic mass is 10.1. The highest BCUT2D eigenvalue weighted by Gasteiger charge is 2.06. The number of nitrogens with zero attached hydrogens (tertiary/aromatic N) is 1. The van der Waals surface area contributed by atoms with E-state index in [-0.39, 0.29) is 11.6 Å². The summed E-state index contributed by atoms with van der Waals surface area (Å²) in [4.78, 5) is 3.87. The van der Waals surface area contributed by atoms with E-state index in [0.717, 1.165) is 11.3 Å². The lowest BCUT2D eigenvalue weighted by molar-refractivity contribution is 0.415. The van der Waals surface area contributed by atoms with Gasteiger partial charge < -0.3 is 10.5 Å². The fraction of sp³-hybridized carbons (Fsp3) is 0.0833. The lowest BCUT2D eigenvalue weighted by Crippen LogP contribution is -1.93. The minimum absolute atomic E-state index is 0.176. The van der Waals surface area contributed by atoms with Crippen LogP contribution >= 0.6 is 0 Å². The van der Waals surface area contributed by atoms with E-state index < -0.39 is 0 Å². The van der Waals surface area contributed by atoms with E-state index in [4.69, 9.17) is 10.5 Å². The summed E-state index contributed by atoms with van der Waals surface area (Å²) in [5.74, 6) is 0.528. The quantitative estimate of drug-likeness (QED) is 0.842. The summed E-state index contributed by atoms with van der Waals surface area (Å²) in [5, 5.41) is 0. The number of nitrogens with two attached hydrogens (primary N) is 1. The van der Waals surface area contributed by atoms with Crippen LogP contribution < -0.4 is 10.5 Å². The summed E-state index contributed by atoms with van der Waals surface area (Å²) in [6.45, 7) is 0. The maximum absolute atomic E-state index is 13.6. The maximum Gasteiger partial charge on any atom is 0.136 e. The largest absolute Gasteiger partial charge is 0.497 e. The molecule has 0 bridgehead atoms. The molecule has 0 aliphatic carbocycles. The molecule has 0 spiro atoms. The first-order valence-electron chi connectivity index (χ1n) is 4.76. The highest BCUT2D eigenvalue weighted by atomic mass is 19.1. The predicted octanol–water partition coefficient (Wildman–Crippen LogP) is 2.48. The van der Waals surface area contributed by atoms with E-state index in [1.54, 1.807) is 31.4 Å². The molecule has 3 nitrogen and oxygen atoms in total. The number of ether oxygens (including phenoxy) is 1. The van der Waals surface area contributed by atoms with E-state index in [1.807, 2.05) is 0 Å². The fourth-order valence-electron chi connectivity index (χ4n) is 1.43. The van der Waals surface area contributed by atoms with E-state index in [0.29, 0.717) is 5.56 Å². The van der Waals surface area contributed by atoms with Crippen LogP contribution in [-0.4, -0.2) is 12.1 Å². The summed E-state index contributed by atoms with van der Waals surface area (Å²) >= 11 is 0. The second-order valence-electron chi connectivity index (χ2n) is 3.32. The third-order valence-electron chi connectivity index (χ3n) is 2.28. The van der Waals surface area contributed by atoms with Gasteiger partial charge in [0, 0.05) is 17.8 Å². The summed E-state index contributed by atoms with van der Waals surface area (Å²) < 4.78 is 18.6. The molecule has 1 heterocycles. The van der Waals surface area contributed by atoms with Gasteiger partial charge in [-0.05, 0) is 17.7 Å². The van der Waals surface area contributed by atoms with Crippen molar-refractivity contribution in [1.82, 2.24) is 4.98 Å². The molecule has 2 aromatic rings. The topological polar surface area (TPSA) is 48.1 Å². The maximum atomic E-state index is 13.6. The van der Waals surface area contributed by atoms with E-state index >= 15 is 0 Å². The molecule has 2 N–H and O–H groups in total. The summed E-state index contributed by atoms with van der Waals surface area (Å²) in [6, 6.07) is 8.29. The molecule has 0 aliphatic rings. The van der Waals surface area contributed by atoms with Gasteiger partial charge in [-0.2, -0.15) is 0 Å². The molecule has 2 rings (SSSR count). The lowest BCUT2D eigenvalue weighted by Gasteiger charge is -2.05. The SMILES string of the molecule is COc1ccc(-c2cnc(N)cc2F)cc1. The number of pyridine rings is 1. The molecule has 0 unspecified atom stereocenters. The second-order valence-corrected chi connectivity index (χ2v) is 3.32. The van der Waals surface area contributed by atoms with Gasteiger partial charge in [-0.25, -0.2) is 9.37 Å². The van der Waals surface area contributed by atoms with Gasteiger partial charge in [-0.1, -0.05) is 12.1 Å². The monoisotopic (exact) mass is 218 g/mol. The first-order valence-corrected chi connectivity index (χ1v) is 4.76. The molecule has 4 heteroatoms. The number of rotatable bonds is 2. The molecule has 0 amide bonds. The molecular weight excluding hydrogens is 207 g/mol. The van der Waals surface area contributed by atoms with Gasteiger partial charge in [0.1, 0.15) is 17.4 Å². The van der Waals surface area contributed by atoms with Crippen LogP contribution in [0.25, 0.3) is 11.1 Å². The third-order valence-corrected chi connectivity index (χ3v) is 2.28. The Balaban J connectivity index is 2.42. The number of nitrogen functional groups attached to an aromatic ring is 1. The van der Waals surface area contributed by atoms with Crippen molar-refractivity contribution in [2.75, 3.05) is 12.8 Å². The Hall–Kier alpha value is -2.10. The normalized spacial score (nSPS) is 10.1. The Morgan fingerprint density at radius 3 is 2.50 bits per heavy atom. The highest BCUT2D eigenvalue weighted by Crippen LogP contribution is 2.24. The molecule has 0 saturated heterocycles. The molecule has 0 aliphatic heterocycles. The molecule has 0 saturated carbocycles.